The van der Waals surface area contributed by atoms with Crippen molar-refractivity contribution in [3.05, 3.63) is 78.4 Å². The minimum absolute atomic E-state index is 0.250. The summed E-state index contributed by atoms with van der Waals surface area (Å²) in [6.07, 6.45) is 4.36. The van der Waals surface area contributed by atoms with Crippen LogP contribution in [0.5, 0.6) is 11.5 Å². The first-order chi connectivity index (χ1) is 15.7. The standard InChI is InChI=1S/C23H22N4O2.CO2/c1-3-20-22(23(27-26-20)21-12-13-24-15-25-21)17-6-10-19(11-7-17)29-14-16-4-8-18(28-2)9-5-16;2-1-3/h4-13,15H,3,14H2,1-2H3,(H,26,27);. The van der Waals surface area contributed by atoms with E-state index >= 15 is 0 Å². The smallest absolute Gasteiger partial charge is 0.373 e. The van der Waals surface area contributed by atoms with E-state index in [1.54, 1.807) is 13.3 Å². The molecule has 2 aromatic heterocycles. The third-order valence-corrected chi connectivity index (χ3v) is 4.73. The van der Waals surface area contributed by atoms with Crippen molar-refractivity contribution in [2.45, 2.75) is 20.0 Å². The SMILES string of the molecule is CCc1[nH]nc(-c2ccncn2)c1-c1ccc(OCc2ccc(OC)cc2)cc1.O=C=O. The van der Waals surface area contributed by atoms with Crippen LogP contribution in [0, 0.1) is 0 Å². The first-order valence-corrected chi connectivity index (χ1v) is 9.89. The normalized spacial score (nSPS) is 9.94. The van der Waals surface area contributed by atoms with Gasteiger partial charge >= 0.3 is 6.15 Å². The van der Waals surface area contributed by atoms with E-state index in [-0.39, 0.29) is 6.15 Å². The maximum atomic E-state index is 8.12. The molecule has 2 heterocycles. The number of hydrogen-bond donors (Lipinski definition) is 1. The topological polar surface area (TPSA) is 107 Å². The van der Waals surface area contributed by atoms with E-state index in [2.05, 4.69) is 39.2 Å². The molecule has 0 spiro atoms. The van der Waals surface area contributed by atoms with Crippen molar-refractivity contribution in [2.24, 2.45) is 0 Å². The van der Waals surface area contributed by atoms with E-state index in [0.29, 0.717) is 6.61 Å². The Balaban J connectivity index is 0.000000913. The summed E-state index contributed by atoms with van der Waals surface area (Å²) < 4.78 is 11.1. The lowest BCUT2D eigenvalue weighted by molar-refractivity contribution is -0.191. The number of aromatic amines is 1. The van der Waals surface area contributed by atoms with E-state index in [1.165, 1.54) is 6.33 Å². The lowest BCUT2D eigenvalue weighted by Crippen LogP contribution is -1.95. The van der Waals surface area contributed by atoms with Gasteiger partial charge in [0.15, 0.2) is 0 Å². The molecule has 1 N–H and O–H groups in total. The van der Waals surface area contributed by atoms with Crippen LogP contribution in [0.2, 0.25) is 0 Å². The highest BCUT2D eigenvalue weighted by Crippen LogP contribution is 2.33. The minimum atomic E-state index is 0.250. The van der Waals surface area contributed by atoms with Crippen LogP contribution in [0.3, 0.4) is 0 Å². The molecular formula is C24H22N4O4. The summed E-state index contributed by atoms with van der Waals surface area (Å²) in [5.74, 6) is 1.65. The van der Waals surface area contributed by atoms with Crippen molar-refractivity contribution in [1.29, 1.82) is 0 Å². The van der Waals surface area contributed by atoms with Crippen LogP contribution >= 0.6 is 0 Å². The Bertz CT molecular complexity index is 1150. The molecule has 0 bridgehead atoms. The molecule has 162 valence electrons. The highest BCUT2D eigenvalue weighted by molar-refractivity contribution is 5.81. The average molecular weight is 430 g/mol. The largest absolute Gasteiger partial charge is 0.497 e. The molecule has 0 radical (unpaired) electrons. The molecule has 4 rings (SSSR count). The van der Waals surface area contributed by atoms with Crippen LogP contribution < -0.4 is 9.47 Å². The Morgan fingerprint density at radius 3 is 2.25 bits per heavy atom. The molecule has 0 amide bonds. The Morgan fingerprint density at radius 2 is 1.66 bits per heavy atom. The van der Waals surface area contributed by atoms with Crippen molar-refractivity contribution in [3.63, 3.8) is 0 Å². The number of ether oxygens (including phenoxy) is 2. The van der Waals surface area contributed by atoms with Gasteiger partial charge < -0.3 is 9.47 Å². The minimum Gasteiger partial charge on any atom is -0.497 e. The zero-order valence-corrected chi connectivity index (χ0v) is 17.7. The quantitative estimate of drug-likeness (QED) is 0.470. The van der Waals surface area contributed by atoms with Gasteiger partial charge in [-0.15, -0.1) is 0 Å². The highest BCUT2D eigenvalue weighted by atomic mass is 16.5. The van der Waals surface area contributed by atoms with Gasteiger partial charge in [0, 0.05) is 17.5 Å². The van der Waals surface area contributed by atoms with Gasteiger partial charge in [-0.05, 0) is 47.9 Å². The number of aryl methyl sites for hydroxylation is 1. The predicted octanol–water partition coefficient (Wildman–Crippen LogP) is 4.10. The third kappa shape index (κ3) is 5.44. The van der Waals surface area contributed by atoms with Crippen LogP contribution in [-0.2, 0) is 22.6 Å². The highest BCUT2D eigenvalue weighted by Gasteiger charge is 2.16. The van der Waals surface area contributed by atoms with Crippen molar-refractivity contribution in [2.75, 3.05) is 7.11 Å². The molecule has 0 aliphatic heterocycles. The molecule has 0 fully saturated rings. The van der Waals surface area contributed by atoms with E-state index < -0.39 is 0 Å². The lowest BCUT2D eigenvalue weighted by Gasteiger charge is -2.09. The summed E-state index contributed by atoms with van der Waals surface area (Å²) in [5.41, 5.74) is 5.92. The molecule has 0 saturated carbocycles. The summed E-state index contributed by atoms with van der Waals surface area (Å²) in [4.78, 5) is 24.6. The van der Waals surface area contributed by atoms with Gasteiger partial charge in [-0.1, -0.05) is 31.2 Å². The molecule has 0 aliphatic carbocycles. The van der Waals surface area contributed by atoms with Gasteiger partial charge in [0.25, 0.3) is 0 Å². The fourth-order valence-corrected chi connectivity index (χ4v) is 3.17. The number of H-pyrrole nitrogens is 1. The van der Waals surface area contributed by atoms with Gasteiger partial charge in [-0.3, -0.25) is 5.10 Å². The molecule has 0 unspecified atom stereocenters. The fraction of sp³-hybridized carbons (Fsp3) is 0.167. The first kappa shape index (κ1) is 22.4. The molecule has 32 heavy (non-hydrogen) atoms. The number of carbonyl (C=O) groups excluding carboxylic acids is 2. The second kappa shape index (κ2) is 11.2. The second-order valence-corrected chi connectivity index (χ2v) is 6.62. The van der Waals surface area contributed by atoms with Crippen LogP contribution in [0.4, 0.5) is 0 Å². The maximum Gasteiger partial charge on any atom is 0.373 e. The second-order valence-electron chi connectivity index (χ2n) is 6.62. The average Bonchev–Trinajstić information content (AvgIpc) is 3.29. The number of methoxy groups -OCH3 is 1. The van der Waals surface area contributed by atoms with Crippen molar-refractivity contribution < 1.29 is 19.1 Å². The van der Waals surface area contributed by atoms with Crippen LogP contribution in [-0.4, -0.2) is 33.4 Å². The van der Waals surface area contributed by atoms with Crippen LogP contribution in [0.1, 0.15) is 18.2 Å². The number of aromatic nitrogens is 4. The zero-order chi connectivity index (χ0) is 22.8. The summed E-state index contributed by atoms with van der Waals surface area (Å²) in [7, 11) is 1.66. The van der Waals surface area contributed by atoms with Crippen LogP contribution in [0.15, 0.2) is 67.1 Å². The van der Waals surface area contributed by atoms with Crippen molar-refractivity contribution in [3.8, 4) is 34.0 Å². The van der Waals surface area contributed by atoms with E-state index in [9.17, 15) is 0 Å². The Hall–Kier alpha value is -4.29. The van der Waals surface area contributed by atoms with Crippen LogP contribution in [0.25, 0.3) is 22.5 Å². The van der Waals surface area contributed by atoms with Crippen molar-refractivity contribution in [1.82, 2.24) is 20.2 Å². The van der Waals surface area contributed by atoms with Gasteiger partial charge in [0.2, 0.25) is 0 Å². The number of nitrogens with zero attached hydrogens (tertiary/aromatic N) is 3. The van der Waals surface area contributed by atoms with Crippen molar-refractivity contribution >= 4 is 6.15 Å². The molecule has 4 aromatic rings. The number of nitrogens with one attached hydrogen (secondary N) is 1. The molecule has 0 aliphatic rings. The number of hydrogen-bond acceptors (Lipinski definition) is 7. The molecule has 2 aromatic carbocycles. The fourth-order valence-electron chi connectivity index (χ4n) is 3.17. The molecule has 8 nitrogen and oxygen atoms in total. The van der Waals surface area contributed by atoms with E-state index in [0.717, 1.165) is 51.7 Å². The Labute approximate surface area is 185 Å². The molecule has 0 saturated heterocycles. The Morgan fingerprint density at radius 1 is 0.969 bits per heavy atom. The number of benzene rings is 2. The monoisotopic (exact) mass is 430 g/mol. The molecule has 0 atom stereocenters. The maximum absolute atomic E-state index is 8.12. The lowest BCUT2D eigenvalue weighted by atomic mass is 10.00. The first-order valence-electron chi connectivity index (χ1n) is 9.89. The predicted molar refractivity (Wildman–Crippen MR) is 117 cm³/mol. The van der Waals surface area contributed by atoms with Gasteiger partial charge in [0.05, 0.1) is 12.8 Å². The van der Waals surface area contributed by atoms with Gasteiger partial charge in [0.1, 0.15) is 30.1 Å². The zero-order valence-electron chi connectivity index (χ0n) is 17.7. The van der Waals surface area contributed by atoms with E-state index in [1.807, 2.05) is 42.5 Å². The summed E-state index contributed by atoms with van der Waals surface area (Å²) in [5, 5.41) is 7.63. The van der Waals surface area contributed by atoms with Gasteiger partial charge in [-0.2, -0.15) is 14.7 Å². The summed E-state index contributed by atoms with van der Waals surface area (Å²) >= 11 is 0. The molecular weight excluding hydrogens is 408 g/mol. The molecule has 8 heteroatoms. The van der Waals surface area contributed by atoms with E-state index in [4.69, 9.17) is 19.1 Å². The Kier molecular flexibility index (Phi) is 7.84. The number of rotatable bonds is 7. The van der Waals surface area contributed by atoms with Gasteiger partial charge in [-0.25, -0.2) is 9.97 Å². The third-order valence-electron chi connectivity index (χ3n) is 4.73. The summed E-state index contributed by atoms with van der Waals surface area (Å²) in [6, 6.07) is 17.8. The summed E-state index contributed by atoms with van der Waals surface area (Å²) in [6.45, 7) is 2.61.